The Morgan fingerprint density at radius 1 is 1.46 bits per heavy atom. The van der Waals surface area contributed by atoms with Gasteiger partial charge in [-0.15, -0.1) is 0 Å². The molecule has 1 aromatic rings. The normalized spacial score (nSPS) is 10.5. The maximum Gasteiger partial charge on any atom is 0.328 e. The highest BCUT2D eigenvalue weighted by atomic mass is 16.4. The van der Waals surface area contributed by atoms with Crippen LogP contribution in [0, 0.1) is 0 Å². The first-order valence-electron chi connectivity index (χ1n) is 3.59. The van der Waals surface area contributed by atoms with Crippen LogP contribution in [0.2, 0.25) is 0 Å². The Bertz CT molecular complexity index is 358. The van der Waals surface area contributed by atoms with Crippen molar-refractivity contribution in [3.05, 3.63) is 29.8 Å². The molecule has 0 spiro atoms. The largest absolute Gasteiger partial charge is 0.505 e. The smallest absolute Gasteiger partial charge is 0.328 e. The molecule has 4 N–H and O–H groups in total. The zero-order chi connectivity index (χ0) is 9.84. The number of hydrogen-bond acceptors (Lipinski definition) is 3. The molecule has 0 aliphatic carbocycles. The molecule has 4 nitrogen and oxygen atoms in total. The summed E-state index contributed by atoms with van der Waals surface area (Å²) >= 11 is 0. The summed E-state index contributed by atoms with van der Waals surface area (Å²) < 4.78 is 0. The van der Waals surface area contributed by atoms with Crippen LogP contribution in [-0.4, -0.2) is 16.2 Å². The van der Waals surface area contributed by atoms with Crippen molar-refractivity contribution in [1.82, 2.24) is 0 Å². The summed E-state index contributed by atoms with van der Waals surface area (Å²) in [4.78, 5) is 10.2. The molecule has 68 valence electrons. The van der Waals surface area contributed by atoms with E-state index in [2.05, 4.69) is 0 Å². The summed E-state index contributed by atoms with van der Waals surface area (Å²) in [5.41, 5.74) is 6.02. The van der Waals surface area contributed by atoms with Crippen molar-refractivity contribution >= 4 is 17.7 Å². The second-order valence-electron chi connectivity index (χ2n) is 2.46. The predicted molar refractivity (Wildman–Crippen MR) is 49.2 cm³/mol. The number of phenols is 1. The van der Waals surface area contributed by atoms with Gasteiger partial charge in [0.1, 0.15) is 5.75 Å². The van der Waals surface area contributed by atoms with E-state index >= 15 is 0 Å². The monoisotopic (exact) mass is 179 g/mol. The lowest BCUT2D eigenvalue weighted by Crippen LogP contribution is -1.88. The van der Waals surface area contributed by atoms with Gasteiger partial charge in [0.25, 0.3) is 0 Å². The highest BCUT2D eigenvalue weighted by Crippen LogP contribution is 2.25. The molecule has 1 rings (SSSR count). The highest BCUT2D eigenvalue weighted by Gasteiger charge is 2.00. The molecule has 0 saturated carbocycles. The Kier molecular flexibility index (Phi) is 2.54. The number of para-hydroxylation sites is 1. The number of benzene rings is 1. The molecule has 0 aromatic heterocycles. The lowest BCUT2D eigenvalue weighted by atomic mass is 10.1. The number of aliphatic carboxylic acids is 1. The third kappa shape index (κ3) is 2.23. The first-order valence-corrected chi connectivity index (χ1v) is 3.59. The van der Waals surface area contributed by atoms with E-state index in [9.17, 15) is 9.90 Å². The third-order valence-electron chi connectivity index (χ3n) is 1.50. The van der Waals surface area contributed by atoms with Crippen molar-refractivity contribution in [2.75, 3.05) is 5.73 Å². The number of carboxylic acids is 1. The topological polar surface area (TPSA) is 83.6 Å². The van der Waals surface area contributed by atoms with Crippen LogP contribution >= 0.6 is 0 Å². The number of hydrogen-bond donors (Lipinski definition) is 3. The molecule has 0 saturated heterocycles. The van der Waals surface area contributed by atoms with Crippen LogP contribution in [0.3, 0.4) is 0 Å². The van der Waals surface area contributed by atoms with Crippen molar-refractivity contribution in [1.29, 1.82) is 0 Å². The summed E-state index contributed by atoms with van der Waals surface area (Å²) in [6.07, 6.45) is 2.22. The van der Waals surface area contributed by atoms with E-state index in [-0.39, 0.29) is 11.4 Å². The maximum absolute atomic E-state index is 10.2. The quantitative estimate of drug-likeness (QED) is 0.360. The number of anilines is 1. The van der Waals surface area contributed by atoms with E-state index in [0.29, 0.717) is 5.56 Å². The van der Waals surface area contributed by atoms with E-state index in [1.807, 2.05) is 0 Å². The number of nitrogen functional groups attached to an aromatic ring is 1. The molecule has 0 atom stereocenters. The van der Waals surface area contributed by atoms with Crippen molar-refractivity contribution in [3.63, 3.8) is 0 Å². The van der Waals surface area contributed by atoms with Crippen molar-refractivity contribution in [3.8, 4) is 5.75 Å². The summed E-state index contributed by atoms with van der Waals surface area (Å²) in [5, 5.41) is 17.7. The molecular weight excluding hydrogens is 170 g/mol. The standard InChI is InChI=1S/C9H9NO3/c10-7-3-1-2-6(9(7)13)4-5-8(11)12/h1-5,13H,10H2,(H,11,12). The molecule has 0 amide bonds. The second-order valence-corrected chi connectivity index (χ2v) is 2.46. The SMILES string of the molecule is Nc1cccc(C=CC(=O)O)c1O. The summed E-state index contributed by atoms with van der Waals surface area (Å²) in [7, 11) is 0. The zero-order valence-electron chi connectivity index (χ0n) is 6.77. The molecule has 4 heteroatoms. The van der Waals surface area contributed by atoms with Crippen LogP contribution in [0.1, 0.15) is 5.56 Å². The molecule has 1 aromatic carbocycles. The van der Waals surface area contributed by atoms with Gasteiger partial charge in [-0.1, -0.05) is 12.1 Å². The first kappa shape index (κ1) is 9.12. The van der Waals surface area contributed by atoms with Crippen LogP contribution in [0.25, 0.3) is 6.08 Å². The number of aromatic hydroxyl groups is 1. The van der Waals surface area contributed by atoms with E-state index in [1.165, 1.54) is 12.1 Å². The fourth-order valence-corrected chi connectivity index (χ4v) is 0.876. The third-order valence-corrected chi connectivity index (χ3v) is 1.50. The number of carbonyl (C=O) groups is 1. The second kappa shape index (κ2) is 3.62. The number of carboxylic acid groups (broad SMARTS) is 1. The predicted octanol–water partition coefficient (Wildman–Crippen LogP) is 1.07. The Labute approximate surface area is 74.9 Å². The van der Waals surface area contributed by atoms with Gasteiger partial charge in [0, 0.05) is 11.6 Å². The molecular formula is C9H9NO3. The Morgan fingerprint density at radius 2 is 2.15 bits per heavy atom. The number of phenolic OH excluding ortho intramolecular Hbond substituents is 1. The molecule has 0 aliphatic rings. The van der Waals surface area contributed by atoms with Crippen molar-refractivity contribution < 1.29 is 15.0 Å². The minimum Gasteiger partial charge on any atom is -0.505 e. The van der Waals surface area contributed by atoms with E-state index in [4.69, 9.17) is 10.8 Å². The zero-order valence-corrected chi connectivity index (χ0v) is 6.77. The lowest BCUT2D eigenvalue weighted by Gasteiger charge is -2.00. The van der Waals surface area contributed by atoms with Gasteiger partial charge in [0.05, 0.1) is 5.69 Å². The van der Waals surface area contributed by atoms with Gasteiger partial charge in [-0.3, -0.25) is 0 Å². The highest BCUT2D eigenvalue weighted by molar-refractivity contribution is 5.86. The van der Waals surface area contributed by atoms with E-state index < -0.39 is 5.97 Å². The molecule has 0 aliphatic heterocycles. The average Bonchev–Trinajstić information content (AvgIpc) is 2.07. The lowest BCUT2D eigenvalue weighted by molar-refractivity contribution is -0.131. The van der Waals surface area contributed by atoms with Crippen LogP contribution in [0.15, 0.2) is 24.3 Å². The number of nitrogens with two attached hydrogens (primary N) is 1. The van der Waals surface area contributed by atoms with E-state index in [1.54, 1.807) is 12.1 Å². The van der Waals surface area contributed by atoms with Crippen LogP contribution in [0.5, 0.6) is 5.75 Å². The van der Waals surface area contributed by atoms with Gasteiger partial charge >= 0.3 is 5.97 Å². The molecule has 13 heavy (non-hydrogen) atoms. The van der Waals surface area contributed by atoms with Crippen molar-refractivity contribution in [2.24, 2.45) is 0 Å². The van der Waals surface area contributed by atoms with Gasteiger partial charge in [0.15, 0.2) is 0 Å². The van der Waals surface area contributed by atoms with E-state index in [0.717, 1.165) is 6.08 Å². The van der Waals surface area contributed by atoms with Gasteiger partial charge in [-0.2, -0.15) is 0 Å². The summed E-state index contributed by atoms with van der Waals surface area (Å²) in [6.45, 7) is 0. The minimum absolute atomic E-state index is 0.0972. The fraction of sp³-hybridized carbons (Fsp3) is 0. The van der Waals surface area contributed by atoms with Crippen molar-refractivity contribution in [2.45, 2.75) is 0 Å². The molecule has 0 fully saturated rings. The molecule has 0 unspecified atom stereocenters. The Morgan fingerprint density at radius 3 is 2.77 bits per heavy atom. The van der Waals surface area contributed by atoms with Gasteiger partial charge < -0.3 is 15.9 Å². The van der Waals surface area contributed by atoms with Crippen LogP contribution < -0.4 is 5.73 Å². The fourth-order valence-electron chi connectivity index (χ4n) is 0.876. The first-order chi connectivity index (χ1) is 6.11. The molecule has 0 radical (unpaired) electrons. The molecule has 0 heterocycles. The Hall–Kier alpha value is -1.97. The van der Waals surface area contributed by atoms with Crippen LogP contribution in [-0.2, 0) is 4.79 Å². The van der Waals surface area contributed by atoms with Gasteiger partial charge in [-0.25, -0.2) is 4.79 Å². The maximum atomic E-state index is 10.2. The minimum atomic E-state index is -1.07. The van der Waals surface area contributed by atoms with Crippen LogP contribution in [0.4, 0.5) is 5.69 Å². The van der Waals surface area contributed by atoms with Gasteiger partial charge in [-0.05, 0) is 12.1 Å². The average molecular weight is 179 g/mol. The van der Waals surface area contributed by atoms with Gasteiger partial charge in [0.2, 0.25) is 0 Å². The molecule has 0 bridgehead atoms. The summed E-state index contributed by atoms with van der Waals surface area (Å²) in [5.74, 6) is -1.16. The summed E-state index contributed by atoms with van der Waals surface area (Å²) in [6, 6.07) is 4.75. The Balaban J connectivity index is 3.02. The number of rotatable bonds is 2.